The van der Waals surface area contributed by atoms with Crippen molar-refractivity contribution in [2.24, 2.45) is 0 Å². The Morgan fingerprint density at radius 2 is 2.05 bits per heavy atom. The van der Waals surface area contributed by atoms with Gasteiger partial charge in [0.15, 0.2) is 21.3 Å². The number of benzene rings is 1. The minimum absolute atomic E-state index is 0.205. The predicted octanol–water partition coefficient (Wildman–Crippen LogP) is 1.78. The first-order valence-corrected chi connectivity index (χ1v) is 8.64. The molecule has 110 valence electrons. The second-order valence-corrected chi connectivity index (χ2v) is 7.38. The van der Waals surface area contributed by atoms with Gasteiger partial charge in [-0.3, -0.25) is 0 Å². The molecule has 2 rings (SSSR count). The minimum atomic E-state index is -3.11. The smallest absolute Gasteiger partial charge is 0.197 e. The average molecular weight is 296 g/mol. The molecule has 0 aliphatic heterocycles. The predicted molar refractivity (Wildman–Crippen MR) is 79.5 cm³/mol. The number of oxazole rings is 1. The molecule has 0 aliphatic rings. The fraction of sp³-hybridized carbons (Fsp3) is 0.500. The summed E-state index contributed by atoms with van der Waals surface area (Å²) in [5.74, 6) is 0.563. The lowest BCUT2D eigenvalue weighted by atomic mass is 10.1. The number of sulfone groups is 1. The first-order chi connectivity index (χ1) is 9.41. The Hall–Kier alpha value is -1.40. The fourth-order valence-electron chi connectivity index (χ4n) is 2.16. The molecule has 2 unspecified atom stereocenters. The first-order valence-electron chi connectivity index (χ1n) is 6.68. The lowest BCUT2D eigenvalue weighted by Crippen LogP contribution is -2.43. The number of rotatable bonds is 6. The van der Waals surface area contributed by atoms with Gasteiger partial charge < -0.3 is 9.73 Å². The molecule has 2 atom stereocenters. The molecular weight excluding hydrogens is 276 g/mol. The third kappa shape index (κ3) is 3.37. The Morgan fingerprint density at radius 1 is 1.35 bits per heavy atom. The van der Waals surface area contributed by atoms with Crippen molar-refractivity contribution >= 4 is 20.9 Å². The Labute approximate surface area is 119 Å². The van der Waals surface area contributed by atoms with Crippen LogP contribution in [0.1, 0.15) is 19.7 Å². The third-order valence-electron chi connectivity index (χ3n) is 3.44. The summed E-state index contributed by atoms with van der Waals surface area (Å²) < 4.78 is 29.1. The van der Waals surface area contributed by atoms with Gasteiger partial charge in [-0.05, 0) is 25.6 Å². The molecule has 0 amide bonds. The van der Waals surface area contributed by atoms with E-state index in [2.05, 4.69) is 10.3 Å². The third-order valence-corrected chi connectivity index (χ3v) is 5.12. The summed E-state index contributed by atoms with van der Waals surface area (Å²) in [6.07, 6.45) is 1.71. The summed E-state index contributed by atoms with van der Waals surface area (Å²) in [6, 6.07) is 7.31. The van der Waals surface area contributed by atoms with Crippen LogP contribution in [-0.2, 0) is 16.3 Å². The number of aromatic nitrogens is 1. The van der Waals surface area contributed by atoms with Crippen molar-refractivity contribution in [2.45, 2.75) is 31.6 Å². The van der Waals surface area contributed by atoms with Gasteiger partial charge >= 0.3 is 0 Å². The molecule has 20 heavy (non-hydrogen) atoms. The van der Waals surface area contributed by atoms with E-state index in [1.165, 1.54) is 6.26 Å². The molecule has 0 radical (unpaired) electrons. The number of nitrogens with zero attached hydrogens (tertiary/aromatic N) is 1. The molecular formula is C14H20N2O3S. The quantitative estimate of drug-likeness (QED) is 0.879. The van der Waals surface area contributed by atoms with Crippen molar-refractivity contribution in [2.75, 3.05) is 12.8 Å². The van der Waals surface area contributed by atoms with E-state index in [4.69, 9.17) is 4.42 Å². The van der Waals surface area contributed by atoms with Crippen molar-refractivity contribution in [3.63, 3.8) is 0 Å². The highest BCUT2D eigenvalue weighted by molar-refractivity contribution is 7.91. The highest BCUT2D eigenvalue weighted by Crippen LogP contribution is 2.17. The second-order valence-electron chi connectivity index (χ2n) is 4.98. The van der Waals surface area contributed by atoms with E-state index in [-0.39, 0.29) is 6.04 Å². The van der Waals surface area contributed by atoms with Crippen molar-refractivity contribution in [1.29, 1.82) is 0 Å². The van der Waals surface area contributed by atoms with Crippen LogP contribution >= 0.6 is 0 Å². The summed E-state index contributed by atoms with van der Waals surface area (Å²) >= 11 is 0. The van der Waals surface area contributed by atoms with Gasteiger partial charge in [-0.2, -0.15) is 0 Å². The highest BCUT2D eigenvalue weighted by Gasteiger charge is 2.27. The minimum Gasteiger partial charge on any atom is -0.441 e. The van der Waals surface area contributed by atoms with Crippen LogP contribution < -0.4 is 5.32 Å². The Morgan fingerprint density at radius 3 is 2.65 bits per heavy atom. The van der Waals surface area contributed by atoms with Crippen LogP contribution in [-0.4, -0.2) is 37.5 Å². The molecule has 6 heteroatoms. The van der Waals surface area contributed by atoms with E-state index in [1.54, 1.807) is 6.92 Å². The summed E-state index contributed by atoms with van der Waals surface area (Å²) in [4.78, 5) is 4.40. The zero-order valence-corrected chi connectivity index (χ0v) is 12.8. The summed E-state index contributed by atoms with van der Waals surface area (Å²) in [5.41, 5.74) is 1.52. The maximum atomic E-state index is 11.7. The number of hydrogen-bond donors (Lipinski definition) is 1. The molecule has 5 nitrogen and oxygen atoms in total. The van der Waals surface area contributed by atoms with Crippen molar-refractivity contribution < 1.29 is 12.8 Å². The number of likely N-dealkylation sites (N-methyl/N-ethyl adjacent to an activating group) is 1. The molecule has 0 spiro atoms. The van der Waals surface area contributed by atoms with Crippen LogP contribution in [0.3, 0.4) is 0 Å². The summed E-state index contributed by atoms with van der Waals surface area (Å²) in [7, 11) is -3.11. The van der Waals surface area contributed by atoms with Gasteiger partial charge in [0, 0.05) is 18.7 Å². The molecule has 1 heterocycles. The second kappa shape index (κ2) is 5.93. The van der Waals surface area contributed by atoms with Gasteiger partial charge in [0.1, 0.15) is 5.52 Å². The van der Waals surface area contributed by atoms with Gasteiger partial charge in [0.05, 0.1) is 5.25 Å². The van der Waals surface area contributed by atoms with E-state index >= 15 is 0 Å². The van der Waals surface area contributed by atoms with Crippen molar-refractivity contribution in [1.82, 2.24) is 10.3 Å². The lowest BCUT2D eigenvalue weighted by molar-refractivity contribution is 0.438. The van der Waals surface area contributed by atoms with Crippen LogP contribution in [0.5, 0.6) is 0 Å². The van der Waals surface area contributed by atoms with Gasteiger partial charge in [-0.1, -0.05) is 19.1 Å². The van der Waals surface area contributed by atoms with Gasteiger partial charge in [0.25, 0.3) is 0 Å². The molecule has 0 saturated heterocycles. The number of nitrogens with one attached hydrogen (secondary N) is 1. The summed E-state index contributed by atoms with van der Waals surface area (Å²) in [6.45, 7) is 4.37. The van der Waals surface area contributed by atoms with Crippen LogP contribution in [0.25, 0.3) is 11.1 Å². The normalized spacial score (nSPS) is 15.3. The molecule has 1 N–H and O–H groups in total. The lowest BCUT2D eigenvalue weighted by Gasteiger charge is -2.22. The van der Waals surface area contributed by atoms with E-state index in [9.17, 15) is 8.42 Å². The van der Waals surface area contributed by atoms with E-state index < -0.39 is 15.1 Å². The van der Waals surface area contributed by atoms with Gasteiger partial charge in [-0.15, -0.1) is 0 Å². The standard InChI is InChI=1S/C14H20N2O3S/c1-4-15-12(10(2)20(3,17)18)9-14-16-11-7-5-6-8-13(11)19-14/h5-8,10,12,15H,4,9H2,1-3H3. The fourth-order valence-corrected chi connectivity index (χ4v) is 2.95. The molecule has 0 fully saturated rings. The average Bonchev–Trinajstić information content (AvgIpc) is 2.78. The SMILES string of the molecule is CCNC(Cc1nc2ccccc2o1)C(C)S(C)(=O)=O. The monoisotopic (exact) mass is 296 g/mol. The molecule has 1 aromatic heterocycles. The zero-order chi connectivity index (χ0) is 14.8. The molecule has 0 aliphatic carbocycles. The molecule has 0 bridgehead atoms. The van der Waals surface area contributed by atoms with Crippen LogP contribution in [0.15, 0.2) is 28.7 Å². The van der Waals surface area contributed by atoms with Crippen LogP contribution in [0.4, 0.5) is 0 Å². The number of fused-ring (bicyclic) bond motifs is 1. The van der Waals surface area contributed by atoms with Gasteiger partial charge in [0.2, 0.25) is 0 Å². The maximum Gasteiger partial charge on any atom is 0.197 e. The van der Waals surface area contributed by atoms with Crippen molar-refractivity contribution in [3.8, 4) is 0 Å². The van der Waals surface area contributed by atoms with E-state index in [0.717, 1.165) is 11.1 Å². The van der Waals surface area contributed by atoms with Gasteiger partial charge in [-0.25, -0.2) is 13.4 Å². The topological polar surface area (TPSA) is 72.2 Å². The Balaban J connectivity index is 2.23. The number of hydrogen-bond acceptors (Lipinski definition) is 5. The van der Waals surface area contributed by atoms with Crippen LogP contribution in [0.2, 0.25) is 0 Å². The van der Waals surface area contributed by atoms with E-state index in [1.807, 2.05) is 31.2 Å². The van der Waals surface area contributed by atoms with Crippen LogP contribution in [0, 0.1) is 0 Å². The highest BCUT2D eigenvalue weighted by atomic mass is 32.2. The maximum absolute atomic E-state index is 11.7. The molecule has 2 aromatic rings. The zero-order valence-electron chi connectivity index (χ0n) is 12.0. The Bertz CT molecular complexity index is 646. The molecule has 0 saturated carbocycles. The first kappa shape index (κ1) is 15.0. The molecule has 1 aromatic carbocycles. The largest absolute Gasteiger partial charge is 0.441 e. The van der Waals surface area contributed by atoms with Crippen molar-refractivity contribution in [3.05, 3.63) is 30.2 Å². The number of para-hydroxylation sites is 2. The van der Waals surface area contributed by atoms with E-state index in [0.29, 0.717) is 18.9 Å². The Kier molecular flexibility index (Phi) is 4.45. The summed E-state index contributed by atoms with van der Waals surface area (Å²) in [5, 5.41) is 2.71.